The number of nitrogens with one attached hydrogen (secondary N) is 2. The van der Waals surface area contributed by atoms with Crippen molar-refractivity contribution in [3.05, 3.63) is 28.7 Å². The molecule has 0 aliphatic carbocycles. The zero-order valence-electron chi connectivity index (χ0n) is 16.5. The number of hydrogen-bond donors (Lipinski definition) is 3. The summed E-state index contributed by atoms with van der Waals surface area (Å²) in [6.07, 6.45) is -3.29. The largest absolute Gasteiger partial charge is 0.405 e. The minimum atomic E-state index is -4.47. The van der Waals surface area contributed by atoms with Gasteiger partial charge >= 0.3 is 12.2 Å². The molecule has 1 aromatic heterocycles. The summed E-state index contributed by atoms with van der Waals surface area (Å²) in [6, 6.07) is 0.654. The third-order valence-electron chi connectivity index (χ3n) is 5.92. The molecule has 2 amide bonds. The average molecular weight is 451 g/mol. The highest BCUT2D eigenvalue weighted by Crippen LogP contribution is 2.47. The molecule has 1 saturated heterocycles. The molecule has 1 atom stereocenters. The second kappa shape index (κ2) is 8.22. The lowest BCUT2D eigenvalue weighted by Crippen LogP contribution is -2.49. The zero-order chi connectivity index (χ0) is 22.3. The van der Waals surface area contributed by atoms with Crippen LogP contribution < -0.4 is 5.32 Å². The van der Waals surface area contributed by atoms with E-state index in [-0.39, 0.29) is 29.6 Å². The van der Waals surface area contributed by atoms with Gasteiger partial charge in [-0.1, -0.05) is 25.4 Å². The molecule has 6 nitrogen and oxygen atoms in total. The minimum Gasteiger partial charge on any atom is -0.388 e. The number of amides is 2. The molecule has 1 aliphatic heterocycles. The molecule has 3 rings (SSSR count). The van der Waals surface area contributed by atoms with E-state index in [4.69, 9.17) is 11.6 Å². The summed E-state index contributed by atoms with van der Waals surface area (Å²) in [5.41, 5.74) is -0.398. The molecule has 0 bridgehead atoms. The lowest BCUT2D eigenvalue weighted by molar-refractivity contribution is -0.123. The van der Waals surface area contributed by atoms with E-state index in [1.165, 1.54) is 17.2 Å². The van der Waals surface area contributed by atoms with Gasteiger partial charge in [0.15, 0.2) is 0 Å². The first kappa shape index (κ1) is 22.6. The SMILES string of the molecule is CC(C)(C1CCN(C(=O)NCC(F)(F)F)CC1)[C@H](O)c1c(F)c(Cl)cc2cn[nH]c12. The fourth-order valence-electron chi connectivity index (χ4n) is 4.03. The summed E-state index contributed by atoms with van der Waals surface area (Å²) in [7, 11) is 0. The Kier molecular flexibility index (Phi) is 6.20. The Morgan fingerprint density at radius 1 is 1.40 bits per heavy atom. The monoisotopic (exact) mass is 450 g/mol. The van der Waals surface area contributed by atoms with E-state index >= 15 is 0 Å². The number of urea groups is 1. The van der Waals surface area contributed by atoms with Crippen LogP contribution in [0, 0.1) is 17.2 Å². The van der Waals surface area contributed by atoms with E-state index in [2.05, 4.69) is 10.2 Å². The molecule has 2 heterocycles. The molecule has 3 N–H and O–H groups in total. The number of aromatic nitrogens is 2. The van der Waals surface area contributed by atoms with E-state index in [9.17, 15) is 27.5 Å². The number of carbonyl (C=O) groups is 1. The van der Waals surface area contributed by atoms with Gasteiger partial charge in [0.2, 0.25) is 0 Å². The molecular formula is C19H23ClF4N4O2. The second-order valence-corrected chi connectivity index (χ2v) is 8.59. The smallest absolute Gasteiger partial charge is 0.388 e. The van der Waals surface area contributed by atoms with Crippen molar-refractivity contribution in [2.24, 2.45) is 11.3 Å². The number of piperidine rings is 1. The van der Waals surface area contributed by atoms with Crippen molar-refractivity contribution >= 4 is 28.5 Å². The van der Waals surface area contributed by atoms with E-state index in [0.29, 0.717) is 23.7 Å². The number of nitrogens with zero attached hydrogens (tertiary/aromatic N) is 2. The second-order valence-electron chi connectivity index (χ2n) is 8.18. The number of aliphatic hydroxyl groups excluding tert-OH is 1. The number of fused-ring (bicyclic) bond motifs is 1. The van der Waals surface area contributed by atoms with Crippen LogP contribution >= 0.6 is 11.6 Å². The summed E-state index contributed by atoms with van der Waals surface area (Å²) < 4.78 is 51.7. The number of H-pyrrole nitrogens is 1. The van der Waals surface area contributed by atoms with Gasteiger partial charge in [-0.2, -0.15) is 18.3 Å². The van der Waals surface area contributed by atoms with Crippen molar-refractivity contribution in [2.75, 3.05) is 19.6 Å². The Hall–Kier alpha value is -2.07. The van der Waals surface area contributed by atoms with Crippen LogP contribution in [0.1, 0.15) is 38.4 Å². The maximum absolute atomic E-state index is 14.8. The highest BCUT2D eigenvalue weighted by Gasteiger charge is 2.42. The number of halogens is 5. The fraction of sp³-hybridized carbons (Fsp3) is 0.579. The van der Waals surface area contributed by atoms with Gasteiger partial charge in [0.25, 0.3) is 0 Å². The van der Waals surface area contributed by atoms with Gasteiger partial charge < -0.3 is 15.3 Å². The van der Waals surface area contributed by atoms with Gasteiger partial charge in [0.05, 0.1) is 22.8 Å². The Bertz CT molecular complexity index is 923. The maximum Gasteiger partial charge on any atom is 0.405 e. The van der Waals surface area contributed by atoms with Crippen molar-refractivity contribution in [3.8, 4) is 0 Å². The molecule has 166 valence electrons. The predicted octanol–water partition coefficient (Wildman–Crippen LogP) is 4.40. The molecule has 0 saturated carbocycles. The lowest BCUT2D eigenvalue weighted by Gasteiger charge is -2.43. The first-order chi connectivity index (χ1) is 13.9. The van der Waals surface area contributed by atoms with Crippen molar-refractivity contribution in [1.82, 2.24) is 20.4 Å². The fourth-order valence-corrected chi connectivity index (χ4v) is 4.24. The third kappa shape index (κ3) is 4.49. The molecule has 1 aliphatic rings. The molecule has 1 fully saturated rings. The summed E-state index contributed by atoms with van der Waals surface area (Å²) in [6.45, 7) is 2.68. The molecule has 0 spiro atoms. The van der Waals surface area contributed by atoms with Crippen LogP contribution in [0.4, 0.5) is 22.4 Å². The Morgan fingerprint density at radius 2 is 2.03 bits per heavy atom. The summed E-state index contributed by atoms with van der Waals surface area (Å²) in [5.74, 6) is -0.825. The van der Waals surface area contributed by atoms with E-state index in [0.717, 1.165) is 0 Å². The van der Waals surface area contributed by atoms with Gasteiger partial charge in [-0.25, -0.2) is 9.18 Å². The summed E-state index contributed by atoms with van der Waals surface area (Å²) in [4.78, 5) is 13.3. The van der Waals surface area contributed by atoms with Crippen LogP contribution in [0.5, 0.6) is 0 Å². The predicted molar refractivity (Wildman–Crippen MR) is 104 cm³/mol. The third-order valence-corrected chi connectivity index (χ3v) is 6.19. The van der Waals surface area contributed by atoms with Crippen LogP contribution in [-0.4, -0.2) is 52.0 Å². The number of alkyl halides is 3. The molecule has 1 aromatic carbocycles. The van der Waals surface area contributed by atoms with Gasteiger partial charge in [-0.3, -0.25) is 5.10 Å². The number of aromatic amines is 1. The number of aliphatic hydroxyl groups is 1. The highest BCUT2D eigenvalue weighted by molar-refractivity contribution is 6.31. The van der Waals surface area contributed by atoms with Crippen molar-refractivity contribution < 1.29 is 27.5 Å². The molecule has 0 unspecified atom stereocenters. The normalized spacial score (nSPS) is 17.4. The van der Waals surface area contributed by atoms with Crippen LogP contribution in [0.15, 0.2) is 12.3 Å². The summed E-state index contributed by atoms with van der Waals surface area (Å²) in [5, 5.41) is 20.0. The van der Waals surface area contributed by atoms with Crippen molar-refractivity contribution in [2.45, 2.75) is 39.0 Å². The first-order valence-corrected chi connectivity index (χ1v) is 9.88. The number of carbonyl (C=O) groups excluding carboxylic acids is 1. The Labute approximate surface area is 175 Å². The number of benzene rings is 1. The quantitative estimate of drug-likeness (QED) is 0.604. The van der Waals surface area contributed by atoms with Crippen LogP contribution in [0.25, 0.3) is 10.9 Å². The molecular weight excluding hydrogens is 428 g/mol. The van der Waals surface area contributed by atoms with E-state index in [1.54, 1.807) is 13.8 Å². The number of likely N-dealkylation sites (tertiary alicyclic amines) is 1. The average Bonchev–Trinajstić information content (AvgIpc) is 3.13. The highest BCUT2D eigenvalue weighted by atomic mass is 35.5. The van der Waals surface area contributed by atoms with Gasteiger partial charge in [0.1, 0.15) is 12.4 Å². The van der Waals surface area contributed by atoms with Crippen molar-refractivity contribution in [1.29, 1.82) is 0 Å². The Balaban J connectivity index is 1.72. The standard InChI is InChI=1S/C19H23ClF4N4O2/c1-18(2,11-3-5-28(6-4-11)17(30)25-9-19(22,23)24)16(29)13-14(21)12(20)7-10-8-26-27-15(10)13/h7-8,11,16,29H,3-6,9H2,1-2H3,(H,25,30)(H,26,27)/t16-/m1/s1. The Morgan fingerprint density at radius 3 is 2.63 bits per heavy atom. The molecule has 11 heteroatoms. The van der Waals surface area contributed by atoms with Crippen LogP contribution in [0.2, 0.25) is 5.02 Å². The number of rotatable bonds is 4. The topological polar surface area (TPSA) is 81.2 Å². The van der Waals surface area contributed by atoms with Crippen LogP contribution in [-0.2, 0) is 0 Å². The molecule has 30 heavy (non-hydrogen) atoms. The molecule has 0 radical (unpaired) electrons. The van der Waals surface area contributed by atoms with Crippen LogP contribution in [0.3, 0.4) is 0 Å². The number of hydrogen-bond acceptors (Lipinski definition) is 3. The lowest BCUT2D eigenvalue weighted by atomic mass is 9.68. The van der Waals surface area contributed by atoms with Gasteiger partial charge in [-0.05, 0) is 30.2 Å². The van der Waals surface area contributed by atoms with E-state index < -0.39 is 36.1 Å². The first-order valence-electron chi connectivity index (χ1n) is 9.50. The summed E-state index contributed by atoms with van der Waals surface area (Å²) >= 11 is 5.99. The molecule has 2 aromatic rings. The van der Waals surface area contributed by atoms with E-state index in [1.807, 2.05) is 5.32 Å². The van der Waals surface area contributed by atoms with Gasteiger partial charge in [-0.15, -0.1) is 0 Å². The zero-order valence-corrected chi connectivity index (χ0v) is 17.2. The van der Waals surface area contributed by atoms with Gasteiger partial charge in [0, 0.05) is 24.0 Å². The maximum atomic E-state index is 14.8. The minimum absolute atomic E-state index is 0.0327. The van der Waals surface area contributed by atoms with Crippen molar-refractivity contribution in [3.63, 3.8) is 0 Å².